The van der Waals surface area contributed by atoms with Crippen molar-refractivity contribution in [1.82, 2.24) is 0 Å². The first-order valence-electron chi connectivity index (χ1n) is 7.31. The highest BCUT2D eigenvalue weighted by atomic mass is 16.5. The molecule has 0 radical (unpaired) electrons. The predicted molar refractivity (Wildman–Crippen MR) is 87.4 cm³/mol. The van der Waals surface area contributed by atoms with Crippen LogP contribution in [0.3, 0.4) is 0 Å². The maximum atomic E-state index is 5.80. The van der Waals surface area contributed by atoms with E-state index in [-0.39, 0.29) is 6.10 Å². The van der Waals surface area contributed by atoms with E-state index in [0.29, 0.717) is 0 Å². The van der Waals surface area contributed by atoms with E-state index in [1.165, 1.54) is 5.56 Å². The Hall–Kier alpha value is -2.16. The molecule has 112 valence electrons. The zero-order chi connectivity index (χ0) is 15.1. The summed E-state index contributed by atoms with van der Waals surface area (Å²) in [7, 11) is 1.68. The number of anilines is 1. The molecular formula is C18H23NO2. The first kappa shape index (κ1) is 15.2. The zero-order valence-corrected chi connectivity index (χ0v) is 12.9. The molecule has 2 aromatic rings. The second-order valence-electron chi connectivity index (χ2n) is 5.19. The molecule has 0 aliphatic rings. The van der Waals surface area contributed by atoms with Gasteiger partial charge in [0.2, 0.25) is 0 Å². The molecule has 0 atom stereocenters. The van der Waals surface area contributed by atoms with Gasteiger partial charge in [-0.25, -0.2) is 0 Å². The average molecular weight is 285 g/mol. The Labute approximate surface area is 126 Å². The second kappa shape index (κ2) is 7.58. The number of ether oxygens (including phenoxy) is 2. The van der Waals surface area contributed by atoms with Crippen LogP contribution in [0.4, 0.5) is 5.69 Å². The fourth-order valence-electron chi connectivity index (χ4n) is 2.10. The van der Waals surface area contributed by atoms with Gasteiger partial charge in [0.15, 0.2) is 0 Å². The highest BCUT2D eigenvalue weighted by Crippen LogP contribution is 2.24. The van der Waals surface area contributed by atoms with Crippen LogP contribution in [0.15, 0.2) is 48.5 Å². The third kappa shape index (κ3) is 4.71. The summed E-state index contributed by atoms with van der Waals surface area (Å²) in [6, 6.07) is 16.2. The Balaban J connectivity index is 1.90. The van der Waals surface area contributed by atoms with Gasteiger partial charge in [-0.15, -0.1) is 0 Å². The van der Waals surface area contributed by atoms with Gasteiger partial charge in [-0.2, -0.15) is 0 Å². The lowest BCUT2D eigenvalue weighted by Crippen LogP contribution is -2.10. The van der Waals surface area contributed by atoms with Crippen LogP contribution in [0, 0.1) is 0 Å². The minimum absolute atomic E-state index is 0.175. The Bertz CT molecular complexity index is 549. The summed E-state index contributed by atoms with van der Waals surface area (Å²) in [5.74, 6) is 1.80. The molecule has 0 unspecified atom stereocenters. The van der Waals surface area contributed by atoms with Gasteiger partial charge < -0.3 is 14.8 Å². The number of para-hydroxylation sites is 2. The fraction of sp³-hybridized carbons (Fsp3) is 0.333. The van der Waals surface area contributed by atoms with Gasteiger partial charge in [0.05, 0.1) is 18.9 Å². The van der Waals surface area contributed by atoms with Gasteiger partial charge in [-0.05, 0) is 50.1 Å². The van der Waals surface area contributed by atoms with E-state index in [2.05, 4.69) is 17.4 Å². The van der Waals surface area contributed by atoms with Crippen LogP contribution in [-0.2, 0) is 6.42 Å². The lowest BCUT2D eigenvalue weighted by molar-refractivity contribution is 0.243. The summed E-state index contributed by atoms with van der Waals surface area (Å²) in [5, 5.41) is 3.44. The Morgan fingerprint density at radius 3 is 2.38 bits per heavy atom. The molecule has 3 nitrogen and oxygen atoms in total. The van der Waals surface area contributed by atoms with Gasteiger partial charge in [0.25, 0.3) is 0 Å². The minimum atomic E-state index is 0.175. The summed E-state index contributed by atoms with van der Waals surface area (Å²) < 4.78 is 11.0. The van der Waals surface area contributed by atoms with Crippen molar-refractivity contribution in [3.05, 3.63) is 54.1 Å². The summed E-state index contributed by atoms with van der Waals surface area (Å²) in [5.41, 5.74) is 2.32. The van der Waals surface area contributed by atoms with Crippen LogP contribution in [-0.4, -0.2) is 19.8 Å². The molecule has 0 saturated carbocycles. The Kier molecular flexibility index (Phi) is 5.50. The molecule has 3 heteroatoms. The lowest BCUT2D eigenvalue weighted by Gasteiger charge is -2.15. The molecule has 0 aliphatic carbocycles. The van der Waals surface area contributed by atoms with Crippen molar-refractivity contribution in [2.24, 2.45) is 0 Å². The number of hydrogen-bond donors (Lipinski definition) is 1. The minimum Gasteiger partial charge on any atom is -0.497 e. The largest absolute Gasteiger partial charge is 0.497 e. The van der Waals surface area contributed by atoms with Crippen LogP contribution in [0.2, 0.25) is 0 Å². The van der Waals surface area contributed by atoms with Crippen molar-refractivity contribution in [1.29, 1.82) is 0 Å². The second-order valence-corrected chi connectivity index (χ2v) is 5.19. The molecule has 0 saturated heterocycles. The van der Waals surface area contributed by atoms with Crippen LogP contribution >= 0.6 is 0 Å². The van der Waals surface area contributed by atoms with Crippen LogP contribution in [0.5, 0.6) is 11.5 Å². The summed E-state index contributed by atoms with van der Waals surface area (Å²) in [4.78, 5) is 0. The van der Waals surface area contributed by atoms with E-state index in [1.54, 1.807) is 7.11 Å². The molecule has 0 fully saturated rings. The van der Waals surface area contributed by atoms with E-state index in [4.69, 9.17) is 9.47 Å². The normalized spacial score (nSPS) is 10.5. The summed E-state index contributed by atoms with van der Waals surface area (Å²) in [6.07, 6.45) is 1.13. The van der Waals surface area contributed by atoms with Gasteiger partial charge in [0, 0.05) is 6.54 Å². The molecule has 2 aromatic carbocycles. The van der Waals surface area contributed by atoms with E-state index in [0.717, 1.165) is 30.2 Å². The highest BCUT2D eigenvalue weighted by Gasteiger charge is 2.04. The first-order chi connectivity index (χ1) is 10.2. The molecule has 2 rings (SSSR count). The van der Waals surface area contributed by atoms with Crippen molar-refractivity contribution in [3.8, 4) is 11.5 Å². The van der Waals surface area contributed by atoms with Crippen LogP contribution in [0.1, 0.15) is 19.4 Å². The molecule has 0 spiro atoms. The monoisotopic (exact) mass is 285 g/mol. The van der Waals surface area contributed by atoms with Crippen molar-refractivity contribution in [2.75, 3.05) is 19.0 Å². The molecule has 0 heterocycles. The summed E-state index contributed by atoms with van der Waals surface area (Å²) in [6.45, 7) is 4.94. The predicted octanol–water partition coefficient (Wildman–Crippen LogP) is 4.14. The third-order valence-corrected chi connectivity index (χ3v) is 3.14. The Morgan fingerprint density at radius 2 is 1.71 bits per heavy atom. The molecule has 0 aliphatic heterocycles. The lowest BCUT2D eigenvalue weighted by atomic mass is 10.1. The highest BCUT2D eigenvalue weighted by molar-refractivity contribution is 5.56. The van der Waals surface area contributed by atoms with E-state index < -0.39 is 0 Å². The maximum absolute atomic E-state index is 5.80. The molecule has 0 amide bonds. The number of nitrogens with one attached hydrogen (secondary N) is 1. The Morgan fingerprint density at radius 1 is 1.00 bits per heavy atom. The van der Waals surface area contributed by atoms with E-state index >= 15 is 0 Å². The van der Waals surface area contributed by atoms with Gasteiger partial charge in [-0.1, -0.05) is 24.3 Å². The number of hydrogen-bond acceptors (Lipinski definition) is 3. The maximum Gasteiger partial charge on any atom is 0.142 e. The average Bonchev–Trinajstić information content (AvgIpc) is 2.49. The van der Waals surface area contributed by atoms with Gasteiger partial charge in [0.1, 0.15) is 11.5 Å². The number of rotatable bonds is 7. The fourth-order valence-corrected chi connectivity index (χ4v) is 2.10. The van der Waals surface area contributed by atoms with Crippen molar-refractivity contribution >= 4 is 5.69 Å². The quantitative estimate of drug-likeness (QED) is 0.829. The molecule has 21 heavy (non-hydrogen) atoms. The van der Waals surface area contributed by atoms with Crippen molar-refractivity contribution in [3.63, 3.8) is 0 Å². The zero-order valence-electron chi connectivity index (χ0n) is 12.9. The standard InChI is InChI=1S/C18H23NO2/c1-14(2)21-18-7-5-4-6-17(18)19-13-12-15-8-10-16(20-3)11-9-15/h4-11,14,19H,12-13H2,1-3H3. The number of benzene rings is 2. The topological polar surface area (TPSA) is 30.5 Å². The molecular weight excluding hydrogens is 262 g/mol. The summed E-state index contributed by atoms with van der Waals surface area (Å²) >= 11 is 0. The van der Waals surface area contributed by atoms with Gasteiger partial charge in [-0.3, -0.25) is 0 Å². The molecule has 0 bridgehead atoms. The molecule has 1 N–H and O–H groups in total. The van der Waals surface area contributed by atoms with Crippen LogP contribution < -0.4 is 14.8 Å². The van der Waals surface area contributed by atoms with Crippen LogP contribution in [0.25, 0.3) is 0 Å². The molecule has 0 aromatic heterocycles. The number of methoxy groups -OCH3 is 1. The van der Waals surface area contributed by atoms with E-state index in [9.17, 15) is 0 Å². The first-order valence-corrected chi connectivity index (χ1v) is 7.31. The SMILES string of the molecule is COc1ccc(CCNc2ccccc2OC(C)C)cc1. The van der Waals surface area contributed by atoms with Crippen molar-refractivity contribution in [2.45, 2.75) is 26.4 Å². The smallest absolute Gasteiger partial charge is 0.142 e. The van der Waals surface area contributed by atoms with E-state index in [1.807, 2.05) is 50.2 Å². The van der Waals surface area contributed by atoms with Gasteiger partial charge >= 0.3 is 0 Å². The third-order valence-electron chi connectivity index (χ3n) is 3.14. The van der Waals surface area contributed by atoms with Crippen molar-refractivity contribution < 1.29 is 9.47 Å².